The van der Waals surface area contributed by atoms with Gasteiger partial charge in [-0.15, -0.1) is 0 Å². The molecule has 0 saturated heterocycles. The van der Waals surface area contributed by atoms with Gasteiger partial charge in [0.1, 0.15) is 11.4 Å². The van der Waals surface area contributed by atoms with Gasteiger partial charge in [0.2, 0.25) is 0 Å². The van der Waals surface area contributed by atoms with Gasteiger partial charge in [-0.3, -0.25) is 18.7 Å². The molecule has 2 aromatic heterocycles. The summed E-state index contributed by atoms with van der Waals surface area (Å²) in [4.78, 5) is 48.4. The van der Waals surface area contributed by atoms with Gasteiger partial charge in [0.05, 0.1) is 23.5 Å². The third-order valence-electron chi connectivity index (χ3n) is 6.37. The van der Waals surface area contributed by atoms with Gasteiger partial charge in [-0.05, 0) is 59.7 Å². The van der Waals surface area contributed by atoms with Gasteiger partial charge in [0.15, 0.2) is 0 Å². The number of alkyl halides is 6. The lowest BCUT2D eigenvalue weighted by atomic mass is 10.2. The summed E-state index contributed by atoms with van der Waals surface area (Å²) < 4.78 is 78.9. The summed E-state index contributed by atoms with van der Waals surface area (Å²) in [6.07, 6.45) is -4.67. The molecule has 2 heterocycles. The van der Waals surface area contributed by atoms with E-state index in [0.29, 0.717) is 41.5 Å². The van der Waals surface area contributed by atoms with E-state index in [0.717, 1.165) is 26.2 Å². The lowest BCUT2D eigenvalue weighted by molar-refractivity contribution is -0.144. The summed E-state index contributed by atoms with van der Waals surface area (Å²) in [6.45, 7) is 0. The quantitative estimate of drug-likeness (QED) is 0.203. The first-order chi connectivity index (χ1) is 22.3. The molecule has 0 aliphatic carbocycles. The maximum absolute atomic E-state index is 12.8. The third-order valence-corrected chi connectivity index (χ3v) is 7.06. The van der Waals surface area contributed by atoms with Crippen molar-refractivity contribution < 1.29 is 26.3 Å². The van der Waals surface area contributed by atoms with Crippen molar-refractivity contribution in [2.45, 2.75) is 12.4 Å². The summed E-state index contributed by atoms with van der Waals surface area (Å²) in [6, 6.07) is 12.3. The number of benzene rings is 2. The number of nitriles is 2. The molecule has 0 atom stereocenters. The largest absolute Gasteiger partial charge is 0.431 e. The fourth-order valence-corrected chi connectivity index (χ4v) is 4.48. The van der Waals surface area contributed by atoms with E-state index in [-0.39, 0.29) is 21.4 Å². The Bertz CT molecular complexity index is 2120. The zero-order valence-electron chi connectivity index (χ0n) is 24.3. The van der Waals surface area contributed by atoms with Crippen LogP contribution >= 0.6 is 23.2 Å². The molecule has 248 valence electrons. The van der Waals surface area contributed by atoms with E-state index < -0.39 is 46.2 Å². The average Bonchev–Trinajstić information content (AvgIpc) is 3.00. The highest BCUT2D eigenvalue weighted by molar-refractivity contribution is 6.32. The Morgan fingerprint density at radius 3 is 1.25 bits per heavy atom. The monoisotopic (exact) mass is 710 g/mol. The fourth-order valence-electron chi connectivity index (χ4n) is 4.12. The predicted octanol–water partition coefficient (Wildman–Crippen LogP) is 5.49. The van der Waals surface area contributed by atoms with Crippen LogP contribution in [0.4, 0.5) is 26.3 Å². The molecule has 2 aromatic carbocycles. The predicted molar refractivity (Wildman–Crippen MR) is 164 cm³/mol. The van der Waals surface area contributed by atoms with Crippen molar-refractivity contribution in [2.24, 2.45) is 14.1 Å². The van der Waals surface area contributed by atoms with E-state index in [2.05, 4.69) is 0 Å². The maximum atomic E-state index is 12.8. The van der Waals surface area contributed by atoms with Gasteiger partial charge < -0.3 is 0 Å². The van der Waals surface area contributed by atoms with Crippen LogP contribution in [0, 0.1) is 22.7 Å². The second kappa shape index (κ2) is 14.5. The Labute approximate surface area is 275 Å². The zero-order valence-corrected chi connectivity index (χ0v) is 25.8. The first-order valence-electron chi connectivity index (χ1n) is 12.9. The Balaban J connectivity index is 0.000000260. The van der Waals surface area contributed by atoms with E-state index in [4.69, 9.17) is 33.7 Å². The second-order valence-corrected chi connectivity index (χ2v) is 10.2. The van der Waals surface area contributed by atoms with E-state index in [1.165, 1.54) is 48.6 Å². The van der Waals surface area contributed by atoms with Gasteiger partial charge in [-0.2, -0.15) is 36.9 Å². The highest BCUT2D eigenvalue weighted by atomic mass is 35.5. The van der Waals surface area contributed by atoms with Crippen molar-refractivity contribution in [2.75, 3.05) is 0 Å². The molecule has 48 heavy (non-hydrogen) atoms. The summed E-state index contributed by atoms with van der Waals surface area (Å²) in [5.41, 5.74) is -6.47. The number of allylic oxidation sites excluding steroid dienone is 2. The molecular weight excluding hydrogens is 693 g/mol. The normalized spacial score (nSPS) is 11.7. The second-order valence-electron chi connectivity index (χ2n) is 9.42. The highest BCUT2D eigenvalue weighted by Crippen LogP contribution is 2.28. The van der Waals surface area contributed by atoms with Crippen LogP contribution in [-0.4, -0.2) is 18.3 Å². The molecule has 0 radical (unpaired) electrons. The minimum atomic E-state index is -4.83. The molecular formula is C30H18Cl2F6N6O4. The van der Waals surface area contributed by atoms with Crippen LogP contribution in [-0.2, 0) is 26.4 Å². The number of rotatable bonds is 4. The van der Waals surface area contributed by atoms with Crippen LogP contribution < -0.4 is 22.5 Å². The van der Waals surface area contributed by atoms with Crippen LogP contribution in [0.5, 0.6) is 0 Å². The lowest BCUT2D eigenvalue weighted by Crippen LogP contribution is -2.40. The molecule has 10 nitrogen and oxygen atoms in total. The Hall–Kier alpha value is -5.58. The van der Waals surface area contributed by atoms with Crippen molar-refractivity contribution in [1.82, 2.24) is 18.3 Å². The van der Waals surface area contributed by atoms with Crippen LogP contribution in [0.2, 0.25) is 10.0 Å². The number of hydrogen-bond donors (Lipinski definition) is 0. The van der Waals surface area contributed by atoms with Crippen LogP contribution in [0.1, 0.15) is 22.5 Å². The average molecular weight is 711 g/mol. The maximum Gasteiger partial charge on any atom is 0.431 e. The van der Waals surface area contributed by atoms with Crippen LogP contribution in [0.15, 0.2) is 79.9 Å². The van der Waals surface area contributed by atoms with Gasteiger partial charge in [-0.1, -0.05) is 23.2 Å². The van der Waals surface area contributed by atoms with Gasteiger partial charge in [0, 0.05) is 48.4 Å². The summed E-state index contributed by atoms with van der Waals surface area (Å²) in [5.74, 6) is 0. The number of nitrogens with zero attached hydrogens (tertiary/aromatic N) is 6. The van der Waals surface area contributed by atoms with Crippen molar-refractivity contribution in [1.29, 1.82) is 10.5 Å². The van der Waals surface area contributed by atoms with Gasteiger partial charge in [-0.25, -0.2) is 18.7 Å². The molecule has 18 heteroatoms. The lowest BCUT2D eigenvalue weighted by Gasteiger charge is -2.14. The van der Waals surface area contributed by atoms with Gasteiger partial charge >= 0.3 is 23.7 Å². The molecule has 0 amide bonds. The minimum Gasteiger partial charge on any atom is -0.292 e. The smallest absolute Gasteiger partial charge is 0.292 e. The molecule has 0 spiro atoms. The molecule has 0 unspecified atom stereocenters. The molecule has 0 aliphatic rings. The van der Waals surface area contributed by atoms with E-state index >= 15 is 0 Å². The SMILES string of the molecule is Cn1c(C(F)(F)F)cc(=O)n(-c2ccc(Cl)c(/C=C/C#N)c2)c1=O.Cn1c(C(F)(F)F)cc(=O)n(-c2ccc(Cl)c(/C=C/C#N)c2)c1=O. The molecule has 0 N–H and O–H groups in total. The third kappa shape index (κ3) is 8.03. The molecule has 0 saturated carbocycles. The highest BCUT2D eigenvalue weighted by Gasteiger charge is 2.36. The number of aromatic nitrogens is 4. The number of halogens is 8. The topological polar surface area (TPSA) is 136 Å². The molecule has 0 aliphatic heterocycles. The fraction of sp³-hybridized carbons (Fsp3) is 0.133. The Morgan fingerprint density at radius 1 is 0.625 bits per heavy atom. The van der Waals surface area contributed by atoms with Crippen LogP contribution in [0.3, 0.4) is 0 Å². The first-order valence-corrected chi connectivity index (χ1v) is 13.6. The van der Waals surface area contributed by atoms with E-state index in [1.54, 1.807) is 12.1 Å². The molecule has 4 rings (SSSR count). The first kappa shape index (κ1) is 36.9. The van der Waals surface area contributed by atoms with Crippen LogP contribution in [0.25, 0.3) is 23.5 Å². The van der Waals surface area contributed by atoms with Crippen molar-refractivity contribution in [3.8, 4) is 23.5 Å². The Kier molecular flexibility index (Phi) is 11.1. The van der Waals surface area contributed by atoms with Crippen molar-refractivity contribution >= 4 is 35.4 Å². The summed E-state index contributed by atoms with van der Waals surface area (Å²) >= 11 is 11.9. The molecule has 0 fully saturated rings. The van der Waals surface area contributed by atoms with Crippen molar-refractivity contribution in [3.63, 3.8) is 0 Å². The standard InChI is InChI=1S/2C15H9ClF3N3O2/c2*1-21-12(15(17,18)19)8-13(23)22(14(21)24)10-4-5-11(16)9(7-10)3-2-6-20/h2*2-5,7-8H,1H3/b2*3-2+. The molecule has 4 aromatic rings. The number of hydrogen-bond acceptors (Lipinski definition) is 6. The van der Waals surface area contributed by atoms with E-state index in [1.807, 2.05) is 0 Å². The molecule has 0 bridgehead atoms. The summed E-state index contributed by atoms with van der Waals surface area (Å²) in [7, 11) is 1.85. The summed E-state index contributed by atoms with van der Waals surface area (Å²) in [5, 5.41) is 17.6. The van der Waals surface area contributed by atoms with Crippen molar-refractivity contribution in [3.05, 3.63) is 135 Å². The van der Waals surface area contributed by atoms with E-state index in [9.17, 15) is 45.5 Å². The van der Waals surface area contributed by atoms with Gasteiger partial charge in [0.25, 0.3) is 11.1 Å². The zero-order chi connectivity index (χ0) is 36.1. The Morgan fingerprint density at radius 2 is 0.958 bits per heavy atom. The minimum absolute atomic E-state index is 0.0383.